The maximum Gasteiger partial charge on any atom is 0.0460 e. The van der Waals surface area contributed by atoms with Gasteiger partial charge in [-0.05, 0) is 25.3 Å². The van der Waals surface area contributed by atoms with Crippen molar-refractivity contribution in [2.24, 2.45) is 5.92 Å². The molecule has 0 aliphatic heterocycles. The minimum Gasteiger partial charge on any atom is -0.550 e. The van der Waals surface area contributed by atoms with Crippen LogP contribution in [0.4, 0.5) is 0 Å². The second-order valence-corrected chi connectivity index (χ2v) is 4.76. The molecule has 1 aromatic carbocycles. The minimum atomic E-state index is -0.916. The lowest BCUT2D eigenvalue weighted by molar-refractivity contribution is -0.312. The topological polar surface area (TPSA) is 52.2 Å². The summed E-state index contributed by atoms with van der Waals surface area (Å²) in [6.07, 6.45) is 2.63. The molecule has 0 heterocycles. The highest BCUT2D eigenvalue weighted by Crippen LogP contribution is 2.27. The van der Waals surface area contributed by atoms with Crippen molar-refractivity contribution in [1.82, 2.24) is 5.32 Å². The standard InChI is InChI=1S/C14H19NO2/c1-10(11-6-3-2-4-7-11)15-13-9-5-8-12(13)14(16)17/h2-4,6-7,10,12-13,15H,5,8-9H2,1H3,(H,16,17)/p-1. The van der Waals surface area contributed by atoms with E-state index in [2.05, 4.69) is 24.4 Å². The van der Waals surface area contributed by atoms with Gasteiger partial charge in [-0.3, -0.25) is 0 Å². The fourth-order valence-electron chi connectivity index (χ4n) is 2.60. The van der Waals surface area contributed by atoms with E-state index in [1.165, 1.54) is 5.56 Å². The van der Waals surface area contributed by atoms with Crippen LogP contribution in [0.15, 0.2) is 30.3 Å². The van der Waals surface area contributed by atoms with E-state index in [-0.39, 0.29) is 18.0 Å². The normalized spacial score (nSPS) is 25.7. The highest BCUT2D eigenvalue weighted by atomic mass is 16.4. The Balaban J connectivity index is 1.99. The molecule has 17 heavy (non-hydrogen) atoms. The van der Waals surface area contributed by atoms with E-state index in [1.807, 2.05) is 18.2 Å². The van der Waals surface area contributed by atoms with Crippen molar-refractivity contribution in [2.45, 2.75) is 38.3 Å². The predicted molar refractivity (Wildman–Crippen MR) is 64.1 cm³/mol. The van der Waals surface area contributed by atoms with Crippen molar-refractivity contribution in [3.8, 4) is 0 Å². The first-order valence-corrected chi connectivity index (χ1v) is 6.20. The highest BCUT2D eigenvalue weighted by Gasteiger charge is 2.29. The largest absolute Gasteiger partial charge is 0.550 e. The molecule has 2 rings (SSSR count). The van der Waals surface area contributed by atoms with E-state index in [0.717, 1.165) is 19.3 Å². The van der Waals surface area contributed by atoms with Gasteiger partial charge in [-0.2, -0.15) is 0 Å². The number of nitrogens with one attached hydrogen (secondary N) is 1. The van der Waals surface area contributed by atoms with Gasteiger partial charge in [-0.25, -0.2) is 0 Å². The summed E-state index contributed by atoms with van der Waals surface area (Å²) in [5.74, 6) is -1.25. The smallest absolute Gasteiger partial charge is 0.0460 e. The Bertz CT molecular complexity index is 377. The van der Waals surface area contributed by atoms with Gasteiger partial charge in [0.25, 0.3) is 0 Å². The first-order chi connectivity index (χ1) is 8.18. The second-order valence-electron chi connectivity index (χ2n) is 4.76. The number of hydrogen-bond donors (Lipinski definition) is 1. The first kappa shape index (κ1) is 12.1. The number of benzene rings is 1. The van der Waals surface area contributed by atoms with Crippen LogP contribution >= 0.6 is 0 Å². The zero-order valence-electron chi connectivity index (χ0n) is 10.1. The average Bonchev–Trinajstić information content (AvgIpc) is 2.78. The maximum atomic E-state index is 11.0. The van der Waals surface area contributed by atoms with Crippen LogP contribution < -0.4 is 10.4 Å². The van der Waals surface area contributed by atoms with Gasteiger partial charge in [-0.1, -0.05) is 36.8 Å². The molecule has 3 nitrogen and oxygen atoms in total. The number of carbonyl (C=O) groups excluding carboxylic acids is 1. The van der Waals surface area contributed by atoms with Gasteiger partial charge in [0.05, 0.1) is 0 Å². The molecule has 0 bridgehead atoms. The Morgan fingerprint density at radius 2 is 2.06 bits per heavy atom. The van der Waals surface area contributed by atoms with E-state index in [1.54, 1.807) is 0 Å². The summed E-state index contributed by atoms with van der Waals surface area (Å²) in [4.78, 5) is 11.0. The van der Waals surface area contributed by atoms with Crippen molar-refractivity contribution < 1.29 is 9.90 Å². The molecule has 1 fully saturated rings. The zero-order valence-corrected chi connectivity index (χ0v) is 10.1. The van der Waals surface area contributed by atoms with E-state index >= 15 is 0 Å². The quantitative estimate of drug-likeness (QED) is 0.850. The fourth-order valence-corrected chi connectivity index (χ4v) is 2.60. The average molecular weight is 232 g/mol. The van der Waals surface area contributed by atoms with Crippen LogP contribution in [0.3, 0.4) is 0 Å². The predicted octanol–water partition coefficient (Wildman–Crippen LogP) is 1.26. The highest BCUT2D eigenvalue weighted by molar-refractivity contribution is 5.69. The van der Waals surface area contributed by atoms with Gasteiger partial charge >= 0.3 is 0 Å². The van der Waals surface area contributed by atoms with Crippen LogP contribution in [0.2, 0.25) is 0 Å². The summed E-state index contributed by atoms with van der Waals surface area (Å²) in [5, 5.41) is 14.4. The van der Waals surface area contributed by atoms with Crippen LogP contribution in [0.1, 0.15) is 37.8 Å². The fraction of sp³-hybridized carbons (Fsp3) is 0.500. The summed E-state index contributed by atoms with van der Waals surface area (Å²) in [7, 11) is 0. The van der Waals surface area contributed by atoms with Crippen LogP contribution in [0, 0.1) is 5.92 Å². The number of aliphatic carboxylic acids is 1. The van der Waals surface area contributed by atoms with Crippen molar-refractivity contribution in [3.05, 3.63) is 35.9 Å². The zero-order chi connectivity index (χ0) is 12.3. The third kappa shape index (κ3) is 2.86. The summed E-state index contributed by atoms with van der Waals surface area (Å²) in [6.45, 7) is 2.07. The lowest BCUT2D eigenvalue weighted by atomic mass is 10.0. The van der Waals surface area contributed by atoms with E-state index < -0.39 is 5.97 Å². The third-order valence-corrected chi connectivity index (χ3v) is 3.58. The Hall–Kier alpha value is -1.35. The van der Waals surface area contributed by atoms with Gasteiger partial charge in [0.2, 0.25) is 0 Å². The van der Waals surface area contributed by atoms with E-state index in [9.17, 15) is 9.90 Å². The van der Waals surface area contributed by atoms with Crippen LogP contribution in [0.5, 0.6) is 0 Å². The van der Waals surface area contributed by atoms with E-state index in [0.29, 0.717) is 0 Å². The van der Waals surface area contributed by atoms with Gasteiger partial charge < -0.3 is 15.2 Å². The molecule has 0 radical (unpaired) electrons. The Labute approximate surface area is 102 Å². The summed E-state index contributed by atoms with van der Waals surface area (Å²) < 4.78 is 0. The Kier molecular flexibility index (Phi) is 3.79. The Morgan fingerprint density at radius 3 is 2.71 bits per heavy atom. The van der Waals surface area contributed by atoms with Gasteiger partial charge in [-0.15, -0.1) is 0 Å². The van der Waals surface area contributed by atoms with E-state index in [4.69, 9.17) is 0 Å². The molecule has 3 atom stereocenters. The molecule has 1 N–H and O–H groups in total. The molecule has 0 aromatic heterocycles. The van der Waals surface area contributed by atoms with Crippen molar-refractivity contribution in [3.63, 3.8) is 0 Å². The SMILES string of the molecule is CC(NC1CCCC1C(=O)[O-])c1ccccc1. The molecule has 1 saturated carbocycles. The molecule has 1 aliphatic carbocycles. The van der Waals surface area contributed by atoms with Crippen molar-refractivity contribution in [2.75, 3.05) is 0 Å². The molecule has 0 saturated heterocycles. The summed E-state index contributed by atoms with van der Waals surface area (Å²) in [5.41, 5.74) is 1.19. The van der Waals surface area contributed by atoms with Gasteiger partial charge in [0.1, 0.15) is 0 Å². The third-order valence-electron chi connectivity index (χ3n) is 3.58. The number of hydrogen-bond acceptors (Lipinski definition) is 3. The first-order valence-electron chi connectivity index (χ1n) is 6.20. The monoisotopic (exact) mass is 232 g/mol. The molecule has 3 heteroatoms. The molecular weight excluding hydrogens is 214 g/mol. The van der Waals surface area contributed by atoms with Gasteiger partial charge in [0.15, 0.2) is 0 Å². The minimum absolute atomic E-state index is 0.0511. The van der Waals surface area contributed by atoms with Crippen LogP contribution in [0.25, 0.3) is 0 Å². The van der Waals surface area contributed by atoms with Gasteiger partial charge in [0, 0.05) is 24.0 Å². The number of carboxylic acid groups (broad SMARTS) is 1. The summed E-state index contributed by atoms with van der Waals surface area (Å²) in [6, 6.07) is 10.3. The number of rotatable bonds is 4. The summed E-state index contributed by atoms with van der Waals surface area (Å²) >= 11 is 0. The number of carboxylic acids is 1. The van der Waals surface area contributed by atoms with Crippen LogP contribution in [-0.2, 0) is 4.79 Å². The molecule has 3 unspecified atom stereocenters. The molecule has 1 aliphatic rings. The second kappa shape index (κ2) is 5.32. The van der Waals surface area contributed by atoms with Crippen molar-refractivity contribution in [1.29, 1.82) is 0 Å². The number of carbonyl (C=O) groups is 1. The molecule has 92 valence electrons. The van der Waals surface area contributed by atoms with Crippen LogP contribution in [-0.4, -0.2) is 12.0 Å². The lowest BCUT2D eigenvalue weighted by Gasteiger charge is -2.25. The maximum absolute atomic E-state index is 11.0. The molecule has 0 spiro atoms. The molecule has 1 aromatic rings. The lowest BCUT2D eigenvalue weighted by Crippen LogP contribution is -2.43. The Morgan fingerprint density at radius 1 is 1.35 bits per heavy atom. The molecule has 0 amide bonds. The van der Waals surface area contributed by atoms with Crippen molar-refractivity contribution >= 4 is 5.97 Å². The molecular formula is C14H18NO2-.